The number of hydrogen-bond donors (Lipinski definition) is 3. The van der Waals surface area contributed by atoms with E-state index in [9.17, 15) is 9.59 Å². The third kappa shape index (κ3) is 5.87. The number of benzene rings is 1. The van der Waals surface area contributed by atoms with E-state index in [1.807, 2.05) is 19.0 Å². The standard InChI is InChI=1S/C13H20N4O2/c1-17(2)8-7-15-12(18)9-16-13(19)10-3-5-11(14)6-4-10/h3-6H,7-9,14H2,1-2H3,(H,15,18)(H,16,19). The van der Waals surface area contributed by atoms with Crippen LogP contribution in [-0.2, 0) is 4.79 Å². The summed E-state index contributed by atoms with van der Waals surface area (Å²) in [6, 6.07) is 6.53. The molecule has 0 aromatic heterocycles. The number of amides is 2. The van der Waals surface area contributed by atoms with Crippen LogP contribution in [-0.4, -0.2) is 50.4 Å². The highest BCUT2D eigenvalue weighted by Crippen LogP contribution is 2.04. The summed E-state index contributed by atoms with van der Waals surface area (Å²) in [5.74, 6) is -0.492. The topological polar surface area (TPSA) is 87.5 Å². The van der Waals surface area contributed by atoms with Crippen LogP contribution in [0.4, 0.5) is 5.69 Å². The van der Waals surface area contributed by atoms with E-state index in [-0.39, 0.29) is 18.4 Å². The molecule has 0 radical (unpaired) electrons. The van der Waals surface area contributed by atoms with Crippen LogP contribution in [0.5, 0.6) is 0 Å². The summed E-state index contributed by atoms with van der Waals surface area (Å²) in [6.45, 7) is 1.29. The highest BCUT2D eigenvalue weighted by molar-refractivity contribution is 5.96. The molecule has 6 nitrogen and oxygen atoms in total. The lowest BCUT2D eigenvalue weighted by atomic mass is 10.2. The van der Waals surface area contributed by atoms with Crippen LogP contribution >= 0.6 is 0 Å². The van der Waals surface area contributed by atoms with Gasteiger partial charge in [0.15, 0.2) is 0 Å². The molecule has 1 rings (SSSR count). The zero-order chi connectivity index (χ0) is 14.3. The van der Waals surface area contributed by atoms with Gasteiger partial charge in [-0.25, -0.2) is 0 Å². The maximum atomic E-state index is 11.7. The zero-order valence-electron chi connectivity index (χ0n) is 11.3. The molecule has 19 heavy (non-hydrogen) atoms. The number of carbonyl (C=O) groups is 2. The summed E-state index contributed by atoms with van der Waals surface area (Å²) < 4.78 is 0. The SMILES string of the molecule is CN(C)CCNC(=O)CNC(=O)c1ccc(N)cc1. The molecular weight excluding hydrogens is 244 g/mol. The van der Waals surface area contributed by atoms with Crippen LogP contribution in [0.1, 0.15) is 10.4 Å². The monoisotopic (exact) mass is 264 g/mol. The van der Waals surface area contributed by atoms with Gasteiger partial charge in [0.25, 0.3) is 5.91 Å². The minimum Gasteiger partial charge on any atom is -0.399 e. The molecule has 0 atom stereocenters. The number of nitrogens with one attached hydrogen (secondary N) is 2. The van der Waals surface area contributed by atoms with Gasteiger partial charge in [-0.3, -0.25) is 9.59 Å². The molecule has 0 aliphatic heterocycles. The lowest BCUT2D eigenvalue weighted by molar-refractivity contribution is -0.120. The van der Waals surface area contributed by atoms with Crippen LogP contribution in [0.25, 0.3) is 0 Å². The molecule has 2 amide bonds. The largest absolute Gasteiger partial charge is 0.399 e. The average Bonchev–Trinajstić information content (AvgIpc) is 2.36. The van der Waals surface area contributed by atoms with E-state index >= 15 is 0 Å². The summed E-state index contributed by atoms with van der Waals surface area (Å²) in [7, 11) is 3.85. The van der Waals surface area contributed by atoms with E-state index in [1.54, 1.807) is 24.3 Å². The van der Waals surface area contributed by atoms with Crippen molar-refractivity contribution in [2.45, 2.75) is 0 Å². The van der Waals surface area contributed by atoms with E-state index in [2.05, 4.69) is 10.6 Å². The Kier molecular flexibility index (Phi) is 5.81. The Morgan fingerprint density at radius 1 is 1.16 bits per heavy atom. The van der Waals surface area contributed by atoms with E-state index in [0.717, 1.165) is 6.54 Å². The van der Waals surface area contributed by atoms with E-state index in [1.165, 1.54) is 0 Å². The smallest absolute Gasteiger partial charge is 0.251 e. The Morgan fingerprint density at radius 3 is 2.37 bits per heavy atom. The highest BCUT2D eigenvalue weighted by Gasteiger charge is 2.07. The van der Waals surface area contributed by atoms with Crippen molar-refractivity contribution in [3.8, 4) is 0 Å². The number of nitrogens with two attached hydrogens (primary N) is 1. The lowest BCUT2D eigenvalue weighted by Gasteiger charge is -2.10. The van der Waals surface area contributed by atoms with Crippen molar-refractivity contribution in [2.75, 3.05) is 39.5 Å². The summed E-state index contributed by atoms with van der Waals surface area (Å²) in [6.07, 6.45) is 0. The molecule has 0 saturated carbocycles. The molecule has 104 valence electrons. The second-order valence-electron chi connectivity index (χ2n) is 4.46. The molecule has 0 heterocycles. The van der Waals surface area contributed by atoms with Crippen molar-refractivity contribution in [1.82, 2.24) is 15.5 Å². The lowest BCUT2D eigenvalue weighted by Crippen LogP contribution is -2.39. The molecule has 6 heteroatoms. The zero-order valence-corrected chi connectivity index (χ0v) is 11.3. The first kappa shape index (κ1) is 15.0. The van der Waals surface area contributed by atoms with E-state index in [4.69, 9.17) is 5.73 Å². The number of carbonyl (C=O) groups excluding carboxylic acids is 2. The fourth-order valence-electron chi connectivity index (χ4n) is 1.38. The first-order valence-electron chi connectivity index (χ1n) is 6.04. The maximum absolute atomic E-state index is 11.7. The summed E-state index contributed by atoms with van der Waals surface area (Å²) in [5, 5.41) is 5.27. The van der Waals surface area contributed by atoms with Gasteiger partial charge in [-0.2, -0.15) is 0 Å². The van der Waals surface area contributed by atoms with E-state index < -0.39 is 0 Å². The van der Waals surface area contributed by atoms with Gasteiger partial charge in [0.05, 0.1) is 6.54 Å². The minimum absolute atomic E-state index is 0.0311. The average molecular weight is 264 g/mol. The van der Waals surface area contributed by atoms with Crippen molar-refractivity contribution < 1.29 is 9.59 Å². The van der Waals surface area contributed by atoms with Gasteiger partial charge in [0, 0.05) is 24.3 Å². The Bertz CT molecular complexity index is 429. The number of anilines is 1. The molecule has 1 aromatic rings. The molecule has 0 unspecified atom stereocenters. The summed E-state index contributed by atoms with van der Waals surface area (Å²) >= 11 is 0. The van der Waals surface area contributed by atoms with Crippen LogP contribution < -0.4 is 16.4 Å². The third-order valence-corrected chi connectivity index (χ3v) is 2.46. The molecular formula is C13H20N4O2. The summed E-state index contributed by atoms with van der Waals surface area (Å²) in [4.78, 5) is 25.1. The minimum atomic E-state index is -0.289. The fourth-order valence-corrected chi connectivity index (χ4v) is 1.38. The predicted molar refractivity (Wildman–Crippen MR) is 74.8 cm³/mol. The third-order valence-electron chi connectivity index (χ3n) is 2.46. The first-order valence-corrected chi connectivity index (χ1v) is 6.04. The van der Waals surface area contributed by atoms with Crippen LogP contribution in [0.3, 0.4) is 0 Å². The molecule has 0 bridgehead atoms. The van der Waals surface area contributed by atoms with Crippen molar-refractivity contribution in [3.05, 3.63) is 29.8 Å². The second kappa shape index (κ2) is 7.38. The number of hydrogen-bond acceptors (Lipinski definition) is 4. The fraction of sp³-hybridized carbons (Fsp3) is 0.385. The van der Waals surface area contributed by atoms with Gasteiger partial charge in [-0.15, -0.1) is 0 Å². The molecule has 0 fully saturated rings. The Balaban J connectivity index is 2.30. The number of nitrogens with zero attached hydrogens (tertiary/aromatic N) is 1. The quantitative estimate of drug-likeness (QED) is 0.614. The number of nitrogen functional groups attached to an aromatic ring is 1. The number of rotatable bonds is 6. The molecule has 0 aliphatic rings. The molecule has 0 spiro atoms. The van der Waals surface area contributed by atoms with E-state index in [0.29, 0.717) is 17.8 Å². The van der Waals surface area contributed by atoms with Crippen LogP contribution in [0, 0.1) is 0 Å². The van der Waals surface area contributed by atoms with Crippen molar-refractivity contribution in [3.63, 3.8) is 0 Å². The molecule has 4 N–H and O–H groups in total. The Hall–Kier alpha value is -2.08. The predicted octanol–water partition coefficient (Wildman–Crippen LogP) is -0.324. The maximum Gasteiger partial charge on any atom is 0.251 e. The van der Waals surface area contributed by atoms with Gasteiger partial charge in [-0.1, -0.05) is 0 Å². The van der Waals surface area contributed by atoms with Crippen LogP contribution in [0.15, 0.2) is 24.3 Å². The first-order chi connectivity index (χ1) is 8.99. The van der Waals surface area contributed by atoms with Gasteiger partial charge >= 0.3 is 0 Å². The van der Waals surface area contributed by atoms with Gasteiger partial charge in [-0.05, 0) is 38.4 Å². The van der Waals surface area contributed by atoms with Crippen LogP contribution in [0.2, 0.25) is 0 Å². The molecule has 1 aromatic carbocycles. The highest BCUT2D eigenvalue weighted by atomic mass is 16.2. The van der Waals surface area contributed by atoms with Gasteiger partial charge in [0.1, 0.15) is 0 Å². The molecule has 0 saturated heterocycles. The van der Waals surface area contributed by atoms with Crippen molar-refractivity contribution in [1.29, 1.82) is 0 Å². The second-order valence-corrected chi connectivity index (χ2v) is 4.46. The number of likely N-dealkylation sites (N-methyl/N-ethyl adjacent to an activating group) is 1. The Morgan fingerprint density at radius 2 is 1.79 bits per heavy atom. The van der Waals surface area contributed by atoms with Crippen molar-refractivity contribution >= 4 is 17.5 Å². The van der Waals surface area contributed by atoms with Gasteiger partial charge in [0.2, 0.25) is 5.91 Å². The Labute approximate surface area is 113 Å². The molecule has 0 aliphatic carbocycles. The normalized spacial score (nSPS) is 10.3. The van der Waals surface area contributed by atoms with Crippen molar-refractivity contribution in [2.24, 2.45) is 0 Å². The summed E-state index contributed by atoms with van der Waals surface area (Å²) in [5.41, 5.74) is 6.61. The van der Waals surface area contributed by atoms with Gasteiger partial charge < -0.3 is 21.3 Å².